The van der Waals surface area contributed by atoms with Gasteiger partial charge in [-0.25, -0.2) is 0 Å². The quantitative estimate of drug-likeness (QED) is 0.845. The Morgan fingerprint density at radius 2 is 2.17 bits per heavy atom. The van der Waals surface area contributed by atoms with Crippen molar-refractivity contribution in [3.05, 3.63) is 29.3 Å². The zero-order valence-corrected chi connectivity index (χ0v) is 10.6. The second-order valence-electron chi connectivity index (χ2n) is 4.86. The lowest BCUT2D eigenvalue weighted by atomic mass is 9.93. The molecule has 1 fully saturated rings. The number of nitrogens with zero attached hydrogens (tertiary/aromatic N) is 1. The molecule has 0 bridgehead atoms. The molecule has 2 rings (SSSR count). The maximum Gasteiger partial charge on any atom is 0.123 e. The Morgan fingerprint density at radius 1 is 1.44 bits per heavy atom. The molecular weight excluding hydrogens is 228 g/mol. The molecule has 0 aromatic heterocycles. The Morgan fingerprint density at radius 3 is 2.83 bits per heavy atom. The summed E-state index contributed by atoms with van der Waals surface area (Å²) >= 11 is 0. The highest BCUT2D eigenvalue weighted by atomic mass is 16.5. The van der Waals surface area contributed by atoms with Crippen molar-refractivity contribution in [1.29, 1.82) is 5.26 Å². The van der Waals surface area contributed by atoms with Gasteiger partial charge in [0.15, 0.2) is 0 Å². The van der Waals surface area contributed by atoms with E-state index in [0.717, 1.165) is 18.7 Å². The van der Waals surface area contributed by atoms with Crippen molar-refractivity contribution in [2.45, 2.75) is 25.4 Å². The van der Waals surface area contributed by atoms with Crippen LogP contribution in [0.4, 0.5) is 0 Å². The van der Waals surface area contributed by atoms with E-state index in [1.54, 1.807) is 12.1 Å². The maximum absolute atomic E-state index is 10.3. The van der Waals surface area contributed by atoms with E-state index in [1.807, 2.05) is 13.0 Å². The van der Waals surface area contributed by atoms with E-state index in [1.165, 1.54) is 0 Å². The Kier molecular flexibility index (Phi) is 3.85. The Bertz CT molecular complexity index is 459. The lowest BCUT2D eigenvalue weighted by molar-refractivity contribution is -0.0287. The average Bonchev–Trinajstić information content (AvgIpc) is 2.39. The second kappa shape index (κ2) is 5.38. The summed E-state index contributed by atoms with van der Waals surface area (Å²) in [7, 11) is 0. The van der Waals surface area contributed by atoms with Gasteiger partial charge in [0.05, 0.1) is 11.6 Å². The van der Waals surface area contributed by atoms with E-state index >= 15 is 0 Å². The number of nitrogens with one attached hydrogen (secondary N) is 1. The van der Waals surface area contributed by atoms with Gasteiger partial charge < -0.3 is 15.2 Å². The third-order valence-electron chi connectivity index (χ3n) is 3.35. The van der Waals surface area contributed by atoms with Crippen LogP contribution in [0.15, 0.2) is 18.2 Å². The number of nitriles is 1. The smallest absolute Gasteiger partial charge is 0.123 e. The van der Waals surface area contributed by atoms with Crippen molar-refractivity contribution in [2.75, 3.05) is 19.7 Å². The number of hydrogen-bond acceptors (Lipinski definition) is 4. The van der Waals surface area contributed by atoms with Crippen LogP contribution in [0.3, 0.4) is 0 Å². The standard InChI is InChI=1S/C14H18N2O2/c1-11-2-3-12(9-15)8-13(11)18-10-14(17)4-6-16-7-5-14/h2-3,8,16-17H,4-7,10H2,1H3. The zero-order chi connectivity index (χ0) is 13.0. The van der Waals surface area contributed by atoms with Crippen LogP contribution < -0.4 is 10.1 Å². The molecule has 1 aromatic rings. The van der Waals surface area contributed by atoms with Crippen molar-refractivity contribution < 1.29 is 9.84 Å². The van der Waals surface area contributed by atoms with Crippen molar-refractivity contribution in [1.82, 2.24) is 5.32 Å². The van der Waals surface area contributed by atoms with Gasteiger partial charge >= 0.3 is 0 Å². The fraction of sp³-hybridized carbons (Fsp3) is 0.500. The van der Waals surface area contributed by atoms with Crippen LogP contribution in [-0.4, -0.2) is 30.4 Å². The predicted octanol–water partition coefficient (Wildman–Crippen LogP) is 1.36. The summed E-state index contributed by atoms with van der Waals surface area (Å²) in [5.41, 5.74) is 0.805. The van der Waals surface area contributed by atoms with Gasteiger partial charge in [-0.2, -0.15) is 5.26 Å². The molecule has 4 heteroatoms. The Labute approximate surface area is 107 Å². The molecule has 1 saturated heterocycles. The monoisotopic (exact) mass is 246 g/mol. The molecule has 1 aliphatic rings. The molecule has 0 atom stereocenters. The molecule has 0 unspecified atom stereocenters. The number of aliphatic hydroxyl groups is 1. The molecule has 0 amide bonds. The van der Waals surface area contributed by atoms with Crippen LogP contribution in [0.5, 0.6) is 5.75 Å². The highest BCUT2D eigenvalue weighted by Gasteiger charge is 2.30. The van der Waals surface area contributed by atoms with Gasteiger partial charge in [0.1, 0.15) is 18.0 Å². The van der Waals surface area contributed by atoms with Crippen LogP contribution in [-0.2, 0) is 0 Å². The summed E-state index contributed by atoms with van der Waals surface area (Å²) in [6.07, 6.45) is 1.40. The summed E-state index contributed by atoms with van der Waals surface area (Å²) in [6, 6.07) is 7.44. The van der Waals surface area contributed by atoms with E-state index < -0.39 is 5.60 Å². The lowest BCUT2D eigenvalue weighted by Crippen LogP contribution is -2.46. The first-order valence-electron chi connectivity index (χ1n) is 6.20. The van der Waals surface area contributed by atoms with Crippen LogP contribution in [0, 0.1) is 18.3 Å². The normalized spacial score (nSPS) is 18.1. The van der Waals surface area contributed by atoms with Gasteiger partial charge in [-0.05, 0) is 50.6 Å². The molecular formula is C14H18N2O2. The molecule has 0 aliphatic carbocycles. The minimum absolute atomic E-state index is 0.282. The molecule has 1 aromatic carbocycles. The fourth-order valence-electron chi connectivity index (χ4n) is 2.07. The van der Waals surface area contributed by atoms with Crippen molar-refractivity contribution in [3.63, 3.8) is 0 Å². The van der Waals surface area contributed by atoms with Crippen LogP contribution in [0.25, 0.3) is 0 Å². The summed E-state index contributed by atoms with van der Waals surface area (Å²) in [4.78, 5) is 0. The average molecular weight is 246 g/mol. The second-order valence-corrected chi connectivity index (χ2v) is 4.86. The number of hydrogen-bond donors (Lipinski definition) is 2. The van der Waals surface area contributed by atoms with E-state index in [-0.39, 0.29) is 6.61 Å². The van der Waals surface area contributed by atoms with Gasteiger partial charge in [0, 0.05) is 0 Å². The van der Waals surface area contributed by atoms with E-state index in [0.29, 0.717) is 24.2 Å². The Hall–Kier alpha value is -1.57. The minimum Gasteiger partial charge on any atom is -0.490 e. The third-order valence-corrected chi connectivity index (χ3v) is 3.35. The van der Waals surface area contributed by atoms with Crippen LogP contribution in [0.2, 0.25) is 0 Å². The van der Waals surface area contributed by atoms with Crippen molar-refractivity contribution >= 4 is 0 Å². The van der Waals surface area contributed by atoms with E-state index in [9.17, 15) is 5.11 Å². The molecule has 4 nitrogen and oxygen atoms in total. The molecule has 0 radical (unpaired) electrons. The number of ether oxygens (including phenoxy) is 1. The molecule has 96 valence electrons. The highest BCUT2D eigenvalue weighted by molar-refractivity contribution is 5.41. The summed E-state index contributed by atoms with van der Waals surface area (Å²) < 4.78 is 5.69. The number of aryl methyl sites for hydroxylation is 1. The molecule has 1 heterocycles. The first kappa shape index (κ1) is 12.9. The van der Waals surface area contributed by atoms with Gasteiger partial charge in [0.2, 0.25) is 0 Å². The predicted molar refractivity (Wildman–Crippen MR) is 68.4 cm³/mol. The molecule has 2 N–H and O–H groups in total. The molecule has 0 spiro atoms. The first-order chi connectivity index (χ1) is 8.63. The fourth-order valence-corrected chi connectivity index (χ4v) is 2.07. The van der Waals surface area contributed by atoms with Gasteiger partial charge in [0.25, 0.3) is 0 Å². The number of piperidine rings is 1. The van der Waals surface area contributed by atoms with E-state index in [2.05, 4.69) is 11.4 Å². The van der Waals surface area contributed by atoms with Gasteiger partial charge in [-0.15, -0.1) is 0 Å². The van der Waals surface area contributed by atoms with Crippen molar-refractivity contribution in [3.8, 4) is 11.8 Å². The minimum atomic E-state index is -0.750. The van der Waals surface area contributed by atoms with Gasteiger partial charge in [-0.1, -0.05) is 6.07 Å². The molecule has 18 heavy (non-hydrogen) atoms. The maximum atomic E-state index is 10.3. The van der Waals surface area contributed by atoms with Crippen molar-refractivity contribution in [2.24, 2.45) is 0 Å². The molecule has 0 saturated carbocycles. The summed E-state index contributed by atoms with van der Waals surface area (Å²) in [6.45, 7) is 3.85. The van der Waals surface area contributed by atoms with Crippen LogP contribution in [0.1, 0.15) is 24.0 Å². The van der Waals surface area contributed by atoms with E-state index in [4.69, 9.17) is 10.00 Å². The Balaban J connectivity index is 2.03. The first-order valence-corrected chi connectivity index (χ1v) is 6.20. The van der Waals surface area contributed by atoms with Crippen LogP contribution >= 0.6 is 0 Å². The van der Waals surface area contributed by atoms with Gasteiger partial charge in [-0.3, -0.25) is 0 Å². The topological polar surface area (TPSA) is 65.3 Å². The third kappa shape index (κ3) is 3.00. The largest absolute Gasteiger partial charge is 0.490 e. The zero-order valence-electron chi connectivity index (χ0n) is 10.6. The molecule has 1 aliphatic heterocycles. The SMILES string of the molecule is Cc1ccc(C#N)cc1OCC1(O)CCNCC1. The highest BCUT2D eigenvalue weighted by Crippen LogP contribution is 2.23. The number of rotatable bonds is 3. The number of benzene rings is 1. The lowest BCUT2D eigenvalue weighted by Gasteiger charge is -2.32. The summed E-state index contributed by atoms with van der Waals surface area (Å²) in [5, 5.41) is 22.4. The summed E-state index contributed by atoms with van der Waals surface area (Å²) in [5.74, 6) is 0.681.